The maximum Gasteiger partial charge on any atom is 0.339 e. The second-order valence-electron chi connectivity index (χ2n) is 9.54. The van der Waals surface area contributed by atoms with Crippen molar-refractivity contribution in [2.75, 3.05) is 6.54 Å². The molecule has 198 valence electrons. The number of benzene rings is 2. The van der Waals surface area contributed by atoms with Gasteiger partial charge >= 0.3 is 16.1 Å². The van der Waals surface area contributed by atoms with Crippen LogP contribution in [0.4, 0.5) is 0 Å². The minimum Gasteiger partial charge on any atom is -0.481 e. The Hall–Kier alpha value is -3.24. The number of nitrogens with zero attached hydrogens (tertiary/aromatic N) is 1. The van der Waals surface area contributed by atoms with Crippen molar-refractivity contribution >= 4 is 43.6 Å². The Morgan fingerprint density at radius 3 is 2.13 bits per heavy atom. The van der Waals surface area contributed by atoms with Gasteiger partial charge in [0, 0.05) is 57.9 Å². The van der Waals surface area contributed by atoms with E-state index in [0.717, 1.165) is 11.4 Å². The molecule has 3 aliphatic rings. The van der Waals surface area contributed by atoms with Crippen LogP contribution in [-0.4, -0.2) is 42.5 Å². The Kier molecular flexibility index (Phi) is 7.28. The molecular formula is C28H26BrNO7S. The minimum absolute atomic E-state index is 0.0142. The fourth-order valence-electron chi connectivity index (χ4n) is 5.58. The van der Waals surface area contributed by atoms with E-state index in [0.29, 0.717) is 59.7 Å². The summed E-state index contributed by atoms with van der Waals surface area (Å²) in [7, 11) is -4.19. The van der Waals surface area contributed by atoms with Gasteiger partial charge in [-0.05, 0) is 56.0 Å². The Morgan fingerprint density at radius 1 is 0.947 bits per heavy atom. The third-order valence-electron chi connectivity index (χ3n) is 7.15. The number of carbonyl (C=O) groups excluding carboxylic acids is 2. The topological polar surface area (TPSA) is 118 Å². The SMILES string of the molecule is O=C(O)CCN1C2=C(C(=O)CCC2)C(c2cc(Br)ccc2OS(=O)(=O)c2ccccc2)C2=C1CCCC2=O. The van der Waals surface area contributed by atoms with E-state index >= 15 is 0 Å². The highest BCUT2D eigenvalue weighted by molar-refractivity contribution is 9.10. The number of aliphatic carboxylic acids is 1. The minimum atomic E-state index is -4.19. The van der Waals surface area contributed by atoms with Crippen LogP contribution in [-0.2, 0) is 24.5 Å². The normalized spacial score (nSPS) is 18.4. The van der Waals surface area contributed by atoms with Crippen LogP contribution in [0, 0.1) is 0 Å². The monoisotopic (exact) mass is 599 g/mol. The molecule has 0 aromatic heterocycles. The number of halogens is 1. The first-order valence-corrected chi connectivity index (χ1v) is 14.7. The summed E-state index contributed by atoms with van der Waals surface area (Å²) in [4.78, 5) is 40.2. The van der Waals surface area contributed by atoms with Crippen molar-refractivity contribution in [2.24, 2.45) is 0 Å². The average molecular weight is 600 g/mol. The van der Waals surface area contributed by atoms with Crippen molar-refractivity contribution in [3.63, 3.8) is 0 Å². The Labute approximate surface area is 229 Å². The fraction of sp³-hybridized carbons (Fsp3) is 0.321. The molecule has 2 aromatic rings. The van der Waals surface area contributed by atoms with E-state index in [1.54, 1.807) is 30.3 Å². The molecule has 0 fully saturated rings. The van der Waals surface area contributed by atoms with E-state index in [1.165, 1.54) is 18.2 Å². The van der Waals surface area contributed by atoms with Crippen LogP contribution < -0.4 is 4.18 Å². The molecule has 0 unspecified atom stereocenters. The molecular weight excluding hydrogens is 574 g/mol. The first kappa shape index (κ1) is 26.4. The molecule has 0 radical (unpaired) electrons. The number of carboxylic acid groups (broad SMARTS) is 1. The second kappa shape index (κ2) is 10.5. The molecule has 0 spiro atoms. The van der Waals surface area contributed by atoms with Crippen molar-refractivity contribution in [2.45, 2.75) is 55.8 Å². The molecule has 0 saturated heterocycles. The van der Waals surface area contributed by atoms with Gasteiger partial charge in [-0.2, -0.15) is 8.42 Å². The summed E-state index contributed by atoms with van der Waals surface area (Å²) >= 11 is 3.46. The van der Waals surface area contributed by atoms with E-state index in [9.17, 15) is 27.9 Å². The quantitative estimate of drug-likeness (QED) is 0.436. The number of carbonyl (C=O) groups is 3. The second-order valence-corrected chi connectivity index (χ2v) is 12.0. The van der Waals surface area contributed by atoms with Crippen molar-refractivity contribution in [3.05, 3.63) is 81.1 Å². The third-order valence-corrected chi connectivity index (χ3v) is 8.89. The fourth-order valence-corrected chi connectivity index (χ4v) is 6.93. The molecule has 2 aromatic carbocycles. The molecule has 1 heterocycles. The van der Waals surface area contributed by atoms with Gasteiger partial charge in [0.2, 0.25) is 0 Å². The molecule has 8 nitrogen and oxygen atoms in total. The van der Waals surface area contributed by atoms with Crippen LogP contribution in [0.2, 0.25) is 0 Å². The smallest absolute Gasteiger partial charge is 0.339 e. The highest BCUT2D eigenvalue weighted by Gasteiger charge is 2.44. The van der Waals surface area contributed by atoms with Crippen molar-refractivity contribution in [1.82, 2.24) is 4.90 Å². The Balaban J connectivity index is 1.70. The number of hydrogen-bond acceptors (Lipinski definition) is 7. The van der Waals surface area contributed by atoms with Gasteiger partial charge in [0.1, 0.15) is 10.6 Å². The van der Waals surface area contributed by atoms with E-state index in [1.807, 2.05) is 4.90 Å². The lowest BCUT2D eigenvalue weighted by molar-refractivity contribution is -0.137. The van der Waals surface area contributed by atoms with E-state index in [-0.39, 0.29) is 35.2 Å². The maximum atomic E-state index is 13.5. The van der Waals surface area contributed by atoms with Gasteiger partial charge in [0.05, 0.1) is 6.42 Å². The van der Waals surface area contributed by atoms with Crippen molar-refractivity contribution < 1.29 is 32.1 Å². The molecule has 1 N–H and O–H groups in total. The van der Waals surface area contributed by atoms with Crippen LogP contribution in [0.15, 0.2) is 80.4 Å². The lowest BCUT2D eigenvalue weighted by Gasteiger charge is -2.44. The zero-order valence-corrected chi connectivity index (χ0v) is 22.9. The van der Waals surface area contributed by atoms with Gasteiger partial charge in [-0.1, -0.05) is 34.1 Å². The van der Waals surface area contributed by atoms with Gasteiger partial charge in [-0.15, -0.1) is 0 Å². The number of carboxylic acids is 1. The molecule has 2 aliphatic carbocycles. The summed E-state index contributed by atoms with van der Waals surface area (Å²) in [6.45, 7) is 0.157. The lowest BCUT2D eigenvalue weighted by atomic mass is 9.70. The number of rotatable bonds is 7. The first-order chi connectivity index (χ1) is 18.2. The summed E-state index contributed by atoms with van der Waals surface area (Å²) in [6, 6.07) is 12.6. The van der Waals surface area contributed by atoms with E-state index in [2.05, 4.69) is 15.9 Å². The molecule has 38 heavy (non-hydrogen) atoms. The predicted octanol–water partition coefficient (Wildman–Crippen LogP) is 5.10. The van der Waals surface area contributed by atoms with Gasteiger partial charge in [0.15, 0.2) is 11.6 Å². The zero-order valence-electron chi connectivity index (χ0n) is 20.5. The summed E-state index contributed by atoms with van der Waals surface area (Å²) < 4.78 is 32.6. The molecule has 0 saturated carbocycles. The Morgan fingerprint density at radius 2 is 1.55 bits per heavy atom. The van der Waals surface area contributed by atoms with Crippen LogP contribution >= 0.6 is 15.9 Å². The molecule has 0 atom stereocenters. The van der Waals surface area contributed by atoms with Gasteiger partial charge in [0.25, 0.3) is 0 Å². The van der Waals surface area contributed by atoms with Crippen LogP contribution in [0.25, 0.3) is 0 Å². The molecule has 5 rings (SSSR count). The van der Waals surface area contributed by atoms with Crippen LogP contribution in [0.5, 0.6) is 5.75 Å². The van der Waals surface area contributed by atoms with Crippen molar-refractivity contribution in [3.8, 4) is 5.75 Å². The number of allylic oxidation sites excluding steroid dienone is 4. The third kappa shape index (κ3) is 4.94. The number of hydrogen-bond donors (Lipinski definition) is 1. The molecule has 0 bridgehead atoms. The largest absolute Gasteiger partial charge is 0.481 e. The average Bonchev–Trinajstić information content (AvgIpc) is 2.88. The first-order valence-electron chi connectivity index (χ1n) is 12.5. The maximum absolute atomic E-state index is 13.5. The number of Topliss-reactive ketones (excluding diaryl/α,β-unsaturated/α-hetero) is 2. The van der Waals surface area contributed by atoms with E-state index < -0.39 is 22.0 Å². The van der Waals surface area contributed by atoms with Crippen LogP contribution in [0.1, 0.15) is 56.4 Å². The molecule has 0 amide bonds. The standard InChI is InChI=1S/C28H26BrNO7S/c29-17-12-13-24(37-38(35,36)18-6-2-1-3-7-18)19(16-17)26-27-20(8-4-10-22(27)31)30(15-14-25(33)34)21-9-5-11-23(32)28(21)26/h1-3,6-7,12-13,16,26H,4-5,8-11,14-15H2,(H,33,34). The summed E-state index contributed by atoms with van der Waals surface area (Å²) in [5, 5.41) is 9.37. The predicted molar refractivity (Wildman–Crippen MR) is 142 cm³/mol. The highest BCUT2D eigenvalue weighted by atomic mass is 79.9. The highest BCUT2D eigenvalue weighted by Crippen LogP contribution is 2.51. The van der Waals surface area contributed by atoms with Crippen molar-refractivity contribution in [1.29, 1.82) is 0 Å². The summed E-state index contributed by atoms with van der Waals surface area (Å²) in [5.74, 6) is -1.98. The molecule has 1 aliphatic heterocycles. The van der Waals surface area contributed by atoms with Gasteiger partial charge in [-0.25, -0.2) is 0 Å². The summed E-state index contributed by atoms with van der Waals surface area (Å²) in [5.41, 5.74) is 2.70. The van der Waals surface area contributed by atoms with Gasteiger partial charge in [-0.3, -0.25) is 14.4 Å². The van der Waals surface area contributed by atoms with E-state index in [4.69, 9.17) is 4.18 Å². The lowest BCUT2D eigenvalue weighted by Crippen LogP contribution is -2.40. The number of ketones is 2. The van der Waals surface area contributed by atoms with Crippen LogP contribution in [0.3, 0.4) is 0 Å². The Bertz CT molecular complexity index is 1450. The molecule has 10 heteroatoms. The van der Waals surface area contributed by atoms with Gasteiger partial charge < -0.3 is 14.2 Å². The summed E-state index contributed by atoms with van der Waals surface area (Å²) in [6.07, 6.45) is 2.82. The zero-order chi connectivity index (χ0) is 27.0.